The molecule has 1 aliphatic heterocycles. The molecule has 0 spiro atoms. The molecule has 1 unspecified atom stereocenters. The standard InChI is InChI=1S/C13H21IN4O/c1-9(2)18(7-10-5-3-4-6-15-10)12-11(14)13(19)17-8-16-12/h8-10,15H,3-7H2,1-2H3,(H,16,17,19). The highest BCUT2D eigenvalue weighted by atomic mass is 127. The Morgan fingerprint density at radius 3 is 2.95 bits per heavy atom. The van der Waals surface area contributed by atoms with Crippen LogP contribution in [0.2, 0.25) is 0 Å². The molecule has 0 saturated carbocycles. The van der Waals surface area contributed by atoms with Crippen molar-refractivity contribution in [1.82, 2.24) is 15.3 Å². The van der Waals surface area contributed by atoms with E-state index in [1.165, 1.54) is 25.6 Å². The summed E-state index contributed by atoms with van der Waals surface area (Å²) in [6.07, 6.45) is 5.23. The highest BCUT2D eigenvalue weighted by Crippen LogP contribution is 2.20. The van der Waals surface area contributed by atoms with Gasteiger partial charge in [-0.1, -0.05) is 6.42 Å². The molecule has 2 rings (SSSR count). The Morgan fingerprint density at radius 1 is 1.53 bits per heavy atom. The summed E-state index contributed by atoms with van der Waals surface area (Å²) >= 11 is 2.08. The van der Waals surface area contributed by atoms with E-state index < -0.39 is 0 Å². The zero-order valence-corrected chi connectivity index (χ0v) is 13.6. The van der Waals surface area contributed by atoms with E-state index in [0.717, 1.165) is 18.9 Å². The van der Waals surface area contributed by atoms with Crippen molar-refractivity contribution < 1.29 is 0 Å². The van der Waals surface area contributed by atoms with E-state index in [9.17, 15) is 4.79 Å². The van der Waals surface area contributed by atoms with Crippen LogP contribution in [0.4, 0.5) is 5.82 Å². The fourth-order valence-electron chi connectivity index (χ4n) is 2.43. The van der Waals surface area contributed by atoms with Crippen molar-refractivity contribution in [2.45, 2.75) is 45.2 Å². The molecule has 2 N–H and O–H groups in total. The third-order valence-corrected chi connectivity index (χ3v) is 4.48. The van der Waals surface area contributed by atoms with Gasteiger partial charge in [-0.3, -0.25) is 4.79 Å². The quantitative estimate of drug-likeness (QED) is 0.786. The zero-order chi connectivity index (χ0) is 13.8. The molecular weight excluding hydrogens is 355 g/mol. The third kappa shape index (κ3) is 3.68. The monoisotopic (exact) mass is 376 g/mol. The van der Waals surface area contributed by atoms with Gasteiger partial charge in [0.1, 0.15) is 9.39 Å². The second kappa shape index (κ2) is 6.69. The number of nitrogens with zero attached hydrogens (tertiary/aromatic N) is 2. The predicted molar refractivity (Wildman–Crippen MR) is 85.7 cm³/mol. The number of hydrogen-bond donors (Lipinski definition) is 2. The van der Waals surface area contributed by atoms with Gasteiger partial charge in [0.15, 0.2) is 0 Å². The number of piperidine rings is 1. The number of rotatable bonds is 4. The van der Waals surface area contributed by atoms with Crippen molar-refractivity contribution in [3.05, 3.63) is 20.3 Å². The summed E-state index contributed by atoms with van der Waals surface area (Å²) in [5.74, 6) is 0.798. The number of anilines is 1. The molecule has 0 aromatic carbocycles. The molecule has 1 aromatic heterocycles. The molecule has 1 atom stereocenters. The minimum Gasteiger partial charge on any atom is -0.352 e. The normalized spacial score (nSPS) is 19.7. The second-order valence-corrected chi connectivity index (χ2v) is 6.34. The largest absolute Gasteiger partial charge is 0.352 e. The van der Waals surface area contributed by atoms with Crippen LogP contribution in [-0.2, 0) is 0 Å². The first-order valence-corrected chi connectivity index (χ1v) is 7.90. The Kier molecular flexibility index (Phi) is 5.20. The van der Waals surface area contributed by atoms with Crippen LogP contribution in [0.3, 0.4) is 0 Å². The minimum atomic E-state index is -0.0622. The van der Waals surface area contributed by atoms with Gasteiger partial charge in [0.25, 0.3) is 5.56 Å². The van der Waals surface area contributed by atoms with E-state index in [1.807, 2.05) is 0 Å². The van der Waals surface area contributed by atoms with Gasteiger partial charge < -0.3 is 15.2 Å². The van der Waals surface area contributed by atoms with E-state index in [-0.39, 0.29) is 5.56 Å². The molecule has 1 fully saturated rings. The van der Waals surface area contributed by atoms with Crippen LogP contribution in [0.5, 0.6) is 0 Å². The molecular formula is C13H21IN4O. The number of H-pyrrole nitrogens is 1. The van der Waals surface area contributed by atoms with Crippen LogP contribution < -0.4 is 15.8 Å². The molecule has 2 heterocycles. The molecule has 6 heteroatoms. The smallest absolute Gasteiger partial charge is 0.266 e. The van der Waals surface area contributed by atoms with Gasteiger partial charge in [-0.15, -0.1) is 0 Å². The van der Waals surface area contributed by atoms with Crippen molar-refractivity contribution in [1.29, 1.82) is 0 Å². The maximum absolute atomic E-state index is 11.7. The van der Waals surface area contributed by atoms with Crippen LogP contribution in [0, 0.1) is 3.57 Å². The van der Waals surface area contributed by atoms with Crippen molar-refractivity contribution in [2.24, 2.45) is 0 Å². The second-order valence-electron chi connectivity index (χ2n) is 5.26. The topological polar surface area (TPSA) is 61.0 Å². The maximum atomic E-state index is 11.7. The lowest BCUT2D eigenvalue weighted by Gasteiger charge is -2.34. The van der Waals surface area contributed by atoms with Gasteiger partial charge in [0.05, 0.1) is 6.33 Å². The first kappa shape index (κ1) is 14.8. The first-order chi connectivity index (χ1) is 9.09. The van der Waals surface area contributed by atoms with Gasteiger partial charge in [-0.05, 0) is 55.8 Å². The Bertz CT molecular complexity index is 468. The molecule has 0 amide bonds. The molecule has 106 valence electrons. The van der Waals surface area contributed by atoms with Crippen LogP contribution in [0.25, 0.3) is 0 Å². The SMILES string of the molecule is CC(C)N(CC1CCCCN1)c1nc[nH]c(=O)c1I. The summed E-state index contributed by atoms with van der Waals surface area (Å²) in [6, 6.07) is 0.819. The maximum Gasteiger partial charge on any atom is 0.266 e. The van der Waals surface area contributed by atoms with E-state index >= 15 is 0 Å². The molecule has 0 bridgehead atoms. The highest BCUT2D eigenvalue weighted by molar-refractivity contribution is 14.1. The molecule has 1 aromatic rings. The summed E-state index contributed by atoms with van der Waals surface area (Å²) in [7, 11) is 0. The van der Waals surface area contributed by atoms with Gasteiger partial charge in [0, 0.05) is 18.6 Å². The Labute approximate surface area is 127 Å². The van der Waals surface area contributed by atoms with Crippen molar-refractivity contribution in [3.8, 4) is 0 Å². The van der Waals surface area contributed by atoms with Crippen LogP contribution in [0.1, 0.15) is 33.1 Å². The molecule has 1 saturated heterocycles. The lowest BCUT2D eigenvalue weighted by molar-refractivity contribution is 0.392. The number of aromatic nitrogens is 2. The molecule has 0 radical (unpaired) electrons. The molecule has 1 aliphatic rings. The summed E-state index contributed by atoms with van der Waals surface area (Å²) in [5.41, 5.74) is -0.0622. The van der Waals surface area contributed by atoms with Crippen LogP contribution >= 0.6 is 22.6 Å². The number of halogens is 1. The van der Waals surface area contributed by atoms with Crippen LogP contribution in [-0.4, -0.2) is 35.1 Å². The summed E-state index contributed by atoms with van der Waals surface area (Å²) in [6.45, 7) is 6.28. The summed E-state index contributed by atoms with van der Waals surface area (Å²) in [4.78, 5) is 20.9. The van der Waals surface area contributed by atoms with Gasteiger partial charge in [-0.2, -0.15) is 0 Å². The number of nitrogens with one attached hydrogen (secondary N) is 2. The number of aromatic amines is 1. The van der Waals surface area contributed by atoms with E-state index in [1.54, 1.807) is 0 Å². The van der Waals surface area contributed by atoms with Crippen molar-refractivity contribution >= 4 is 28.4 Å². The Morgan fingerprint density at radius 2 is 2.32 bits per heavy atom. The van der Waals surface area contributed by atoms with E-state index in [4.69, 9.17) is 0 Å². The average Bonchev–Trinajstić information content (AvgIpc) is 2.40. The lowest BCUT2D eigenvalue weighted by atomic mass is 10.0. The molecule has 0 aliphatic carbocycles. The lowest BCUT2D eigenvalue weighted by Crippen LogP contribution is -2.47. The van der Waals surface area contributed by atoms with Gasteiger partial charge in [-0.25, -0.2) is 4.98 Å². The minimum absolute atomic E-state index is 0.0622. The van der Waals surface area contributed by atoms with Gasteiger partial charge in [0.2, 0.25) is 0 Å². The van der Waals surface area contributed by atoms with Gasteiger partial charge >= 0.3 is 0 Å². The Hall–Kier alpha value is -0.630. The number of hydrogen-bond acceptors (Lipinski definition) is 4. The third-order valence-electron chi connectivity index (χ3n) is 3.50. The Balaban J connectivity index is 2.19. The first-order valence-electron chi connectivity index (χ1n) is 6.83. The zero-order valence-electron chi connectivity index (χ0n) is 11.4. The van der Waals surface area contributed by atoms with Crippen LogP contribution in [0.15, 0.2) is 11.1 Å². The summed E-state index contributed by atoms with van der Waals surface area (Å²) in [5, 5.41) is 3.55. The average molecular weight is 376 g/mol. The molecule has 5 nitrogen and oxygen atoms in total. The molecule has 19 heavy (non-hydrogen) atoms. The fraction of sp³-hybridized carbons (Fsp3) is 0.692. The van der Waals surface area contributed by atoms with Crippen molar-refractivity contribution in [2.75, 3.05) is 18.0 Å². The van der Waals surface area contributed by atoms with E-state index in [0.29, 0.717) is 15.7 Å². The predicted octanol–water partition coefficient (Wildman–Crippen LogP) is 1.73. The highest BCUT2D eigenvalue weighted by Gasteiger charge is 2.22. The van der Waals surface area contributed by atoms with Crippen molar-refractivity contribution in [3.63, 3.8) is 0 Å². The fourth-order valence-corrected chi connectivity index (χ4v) is 3.04. The van der Waals surface area contributed by atoms with E-state index in [2.05, 4.69) is 56.6 Å². The summed E-state index contributed by atoms with van der Waals surface area (Å²) < 4.78 is 0.671.